The maximum atomic E-state index is 12.2. The third kappa shape index (κ3) is 5.02. The number of rotatable bonds is 7. The predicted molar refractivity (Wildman–Crippen MR) is 97.6 cm³/mol. The van der Waals surface area contributed by atoms with Gasteiger partial charge in [0.05, 0.1) is 23.6 Å². The lowest BCUT2D eigenvalue weighted by molar-refractivity contribution is 0.580. The Labute approximate surface area is 151 Å². The van der Waals surface area contributed by atoms with Gasteiger partial charge in [-0.3, -0.25) is 4.31 Å². The van der Waals surface area contributed by atoms with Gasteiger partial charge in [-0.1, -0.05) is 0 Å². The van der Waals surface area contributed by atoms with E-state index in [2.05, 4.69) is 4.72 Å². The van der Waals surface area contributed by atoms with Crippen molar-refractivity contribution >= 4 is 37.1 Å². The van der Waals surface area contributed by atoms with Crippen molar-refractivity contribution in [3.05, 3.63) is 46.8 Å². The molecule has 1 aromatic carbocycles. The zero-order chi connectivity index (χ0) is 18.7. The van der Waals surface area contributed by atoms with Crippen molar-refractivity contribution in [3.63, 3.8) is 0 Å². The topological polar surface area (TPSA) is 107 Å². The highest BCUT2D eigenvalue weighted by Gasteiger charge is 2.20. The van der Waals surface area contributed by atoms with Crippen LogP contribution in [0.4, 0.5) is 5.69 Å². The fourth-order valence-electron chi connectivity index (χ4n) is 2.10. The second-order valence-corrected chi connectivity index (χ2v) is 10.4. The number of nitrogens with zero attached hydrogens (tertiary/aromatic N) is 2. The normalized spacial score (nSPS) is 11.9. The lowest BCUT2D eigenvalue weighted by Gasteiger charge is -2.22. The molecule has 0 aliphatic rings. The van der Waals surface area contributed by atoms with Crippen LogP contribution in [0.2, 0.25) is 0 Å². The number of hydrogen-bond acceptors (Lipinski definition) is 6. The summed E-state index contributed by atoms with van der Waals surface area (Å²) < 4.78 is 52.1. The number of aryl methyl sites for hydroxylation is 1. The van der Waals surface area contributed by atoms with Crippen LogP contribution in [0.25, 0.3) is 0 Å². The number of nitriles is 1. The van der Waals surface area contributed by atoms with Gasteiger partial charge in [0.1, 0.15) is 4.21 Å². The van der Waals surface area contributed by atoms with E-state index in [-0.39, 0.29) is 17.3 Å². The molecule has 2 aromatic rings. The molecule has 1 N–H and O–H groups in total. The lowest BCUT2D eigenvalue weighted by Crippen LogP contribution is -2.38. The number of nitrogens with one attached hydrogen (secondary N) is 1. The molecular formula is C15H17N3O4S3. The number of anilines is 1. The Morgan fingerprint density at radius 2 is 1.76 bits per heavy atom. The molecule has 0 spiro atoms. The first-order valence-electron chi connectivity index (χ1n) is 7.17. The molecule has 0 aliphatic heterocycles. The van der Waals surface area contributed by atoms with Gasteiger partial charge in [0.15, 0.2) is 0 Å². The van der Waals surface area contributed by atoms with Crippen LogP contribution in [-0.2, 0) is 20.0 Å². The maximum Gasteiger partial charge on any atom is 0.250 e. The standard InChI is InChI=1S/C15H17N3O4S3/c1-12-3-8-15(23-12)25(21,22)17-9-10-18(24(2,19)20)14-6-4-13(11-16)5-7-14/h3-8,17H,9-10H2,1-2H3. The van der Waals surface area contributed by atoms with E-state index in [1.807, 2.05) is 6.07 Å². The highest BCUT2D eigenvalue weighted by atomic mass is 32.2. The van der Waals surface area contributed by atoms with Crippen LogP contribution >= 0.6 is 11.3 Å². The Bertz CT molecular complexity index is 987. The smallest absolute Gasteiger partial charge is 0.250 e. The van der Waals surface area contributed by atoms with Crippen LogP contribution in [0, 0.1) is 18.3 Å². The van der Waals surface area contributed by atoms with Crippen LogP contribution < -0.4 is 9.03 Å². The van der Waals surface area contributed by atoms with E-state index in [0.29, 0.717) is 11.3 Å². The van der Waals surface area contributed by atoms with Crippen molar-refractivity contribution in [2.45, 2.75) is 11.1 Å². The first-order valence-corrected chi connectivity index (χ1v) is 11.3. The third-order valence-corrected chi connectivity index (χ3v) is 7.42. The summed E-state index contributed by atoms with van der Waals surface area (Å²) in [7, 11) is -7.27. The monoisotopic (exact) mass is 399 g/mol. The van der Waals surface area contributed by atoms with Gasteiger partial charge < -0.3 is 0 Å². The third-order valence-electron chi connectivity index (χ3n) is 3.27. The SMILES string of the molecule is Cc1ccc(S(=O)(=O)NCCN(c2ccc(C#N)cc2)S(C)(=O)=O)s1. The molecular weight excluding hydrogens is 382 g/mol. The summed E-state index contributed by atoms with van der Waals surface area (Å²) >= 11 is 1.15. The van der Waals surface area contributed by atoms with Crippen LogP contribution in [0.15, 0.2) is 40.6 Å². The van der Waals surface area contributed by atoms with Gasteiger partial charge in [-0.05, 0) is 43.3 Å². The van der Waals surface area contributed by atoms with Gasteiger partial charge >= 0.3 is 0 Å². The number of sulfonamides is 2. The predicted octanol–water partition coefficient (Wildman–Crippen LogP) is 1.67. The van der Waals surface area contributed by atoms with E-state index >= 15 is 0 Å². The van der Waals surface area contributed by atoms with E-state index in [0.717, 1.165) is 26.8 Å². The Hall–Kier alpha value is -1.93. The molecule has 25 heavy (non-hydrogen) atoms. The quantitative estimate of drug-likeness (QED) is 0.762. The Balaban J connectivity index is 2.12. The Morgan fingerprint density at radius 1 is 1.12 bits per heavy atom. The van der Waals surface area contributed by atoms with Gasteiger partial charge in [-0.15, -0.1) is 11.3 Å². The Kier molecular flexibility index (Phi) is 5.84. The van der Waals surface area contributed by atoms with Crippen LogP contribution in [0.1, 0.15) is 10.4 Å². The maximum absolute atomic E-state index is 12.2. The van der Waals surface area contributed by atoms with E-state index in [9.17, 15) is 16.8 Å². The largest absolute Gasteiger partial charge is 0.269 e. The van der Waals surface area contributed by atoms with Crippen LogP contribution in [0.3, 0.4) is 0 Å². The minimum Gasteiger partial charge on any atom is -0.269 e. The van der Waals surface area contributed by atoms with Crippen molar-refractivity contribution in [1.29, 1.82) is 5.26 Å². The number of thiophene rings is 1. The molecule has 0 fully saturated rings. The van der Waals surface area contributed by atoms with E-state index in [4.69, 9.17) is 5.26 Å². The summed E-state index contributed by atoms with van der Waals surface area (Å²) in [6.07, 6.45) is 1.04. The molecule has 0 saturated carbocycles. The average Bonchev–Trinajstić information content (AvgIpc) is 2.98. The second kappa shape index (κ2) is 7.53. The number of hydrogen-bond donors (Lipinski definition) is 1. The molecule has 7 nitrogen and oxygen atoms in total. The molecule has 1 aromatic heterocycles. The summed E-state index contributed by atoms with van der Waals surface area (Å²) in [5.74, 6) is 0. The molecule has 0 atom stereocenters. The van der Waals surface area contributed by atoms with Crippen molar-refractivity contribution in [2.24, 2.45) is 0 Å². The van der Waals surface area contributed by atoms with Gasteiger partial charge in [0.25, 0.3) is 0 Å². The van der Waals surface area contributed by atoms with Crippen molar-refractivity contribution in [3.8, 4) is 6.07 Å². The van der Waals surface area contributed by atoms with E-state index in [1.54, 1.807) is 13.0 Å². The summed E-state index contributed by atoms with van der Waals surface area (Å²) in [4.78, 5) is 0.871. The zero-order valence-electron chi connectivity index (χ0n) is 13.6. The first kappa shape index (κ1) is 19.4. The summed E-state index contributed by atoms with van der Waals surface area (Å²) in [5, 5.41) is 8.81. The summed E-state index contributed by atoms with van der Waals surface area (Å²) in [5.41, 5.74) is 0.777. The molecule has 0 bridgehead atoms. The highest BCUT2D eigenvalue weighted by Crippen LogP contribution is 2.21. The molecule has 1 heterocycles. The van der Waals surface area contributed by atoms with E-state index < -0.39 is 20.0 Å². The Morgan fingerprint density at radius 3 is 2.24 bits per heavy atom. The molecule has 0 unspecified atom stereocenters. The van der Waals surface area contributed by atoms with Gasteiger partial charge in [0.2, 0.25) is 20.0 Å². The van der Waals surface area contributed by atoms with E-state index in [1.165, 1.54) is 30.3 Å². The minimum absolute atomic E-state index is 0.0612. The molecule has 0 radical (unpaired) electrons. The highest BCUT2D eigenvalue weighted by molar-refractivity contribution is 7.92. The van der Waals surface area contributed by atoms with Gasteiger partial charge in [-0.25, -0.2) is 21.6 Å². The lowest BCUT2D eigenvalue weighted by atomic mass is 10.2. The van der Waals surface area contributed by atoms with Crippen molar-refractivity contribution in [1.82, 2.24) is 4.72 Å². The molecule has 2 rings (SSSR count). The summed E-state index contributed by atoms with van der Waals surface area (Å²) in [6, 6.07) is 11.2. The number of benzene rings is 1. The summed E-state index contributed by atoms with van der Waals surface area (Å²) in [6.45, 7) is 1.67. The van der Waals surface area contributed by atoms with Gasteiger partial charge in [-0.2, -0.15) is 5.26 Å². The fraction of sp³-hybridized carbons (Fsp3) is 0.267. The molecule has 0 amide bonds. The van der Waals surface area contributed by atoms with Crippen LogP contribution in [0.5, 0.6) is 0 Å². The van der Waals surface area contributed by atoms with Crippen molar-refractivity contribution < 1.29 is 16.8 Å². The fourth-order valence-corrected chi connectivity index (χ4v) is 5.37. The minimum atomic E-state index is -3.67. The van der Waals surface area contributed by atoms with Crippen LogP contribution in [-0.4, -0.2) is 36.2 Å². The molecule has 10 heteroatoms. The van der Waals surface area contributed by atoms with Gasteiger partial charge in [0, 0.05) is 18.0 Å². The molecule has 0 aliphatic carbocycles. The van der Waals surface area contributed by atoms with Crippen molar-refractivity contribution in [2.75, 3.05) is 23.7 Å². The second-order valence-electron chi connectivity index (χ2n) is 5.26. The zero-order valence-corrected chi connectivity index (χ0v) is 16.1. The molecule has 0 saturated heterocycles. The average molecular weight is 400 g/mol. The molecule has 134 valence electrons. The first-order chi connectivity index (χ1) is 11.6.